The molecular formula is C16H23F2N3OS. The van der Waals surface area contributed by atoms with Gasteiger partial charge in [-0.25, -0.2) is 0 Å². The second kappa shape index (κ2) is 8.61. The van der Waals surface area contributed by atoms with Crippen LogP contribution in [0, 0.1) is 0 Å². The van der Waals surface area contributed by atoms with Gasteiger partial charge in [0, 0.05) is 30.1 Å². The first-order chi connectivity index (χ1) is 10.9. The number of carbonyl (C=O) groups is 1. The lowest BCUT2D eigenvalue weighted by atomic mass is 10.0. The Balaban J connectivity index is 1.80. The maximum absolute atomic E-state index is 12.3. The van der Waals surface area contributed by atoms with Gasteiger partial charge in [0.2, 0.25) is 5.91 Å². The van der Waals surface area contributed by atoms with Gasteiger partial charge in [-0.15, -0.1) is 0 Å². The molecule has 1 aromatic rings. The summed E-state index contributed by atoms with van der Waals surface area (Å²) in [5.41, 5.74) is 6.30. The maximum Gasteiger partial charge on any atom is 0.288 e. The molecule has 1 atom stereocenters. The van der Waals surface area contributed by atoms with Crippen LogP contribution >= 0.6 is 11.8 Å². The normalized spacial score (nSPS) is 18.3. The summed E-state index contributed by atoms with van der Waals surface area (Å²) in [7, 11) is 0. The van der Waals surface area contributed by atoms with Gasteiger partial charge >= 0.3 is 0 Å². The molecule has 1 aliphatic heterocycles. The van der Waals surface area contributed by atoms with Crippen LogP contribution in [0.1, 0.15) is 31.4 Å². The first kappa shape index (κ1) is 18.2. The highest BCUT2D eigenvalue weighted by molar-refractivity contribution is 7.99. The highest BCUT2D eigenvalue weighted by atomic mass is 32.2. The van der Waals surface area contributed by atoms with E-state index in [-0.39, 0.29) is 11.9 Å². The predicted octanol–water partition coefficient (Wildman–Crippen LogP) is 2.60. The number of nitrogens with one attached hydrogen (secondary N) is 1. The third-order valence-corrected chi connectivity index (χ3v) is 4.78. The lowest BCUT2D eigenvalue weighted by molar-refractivity contribution is -0.119. The molecule has 2 rings (SSSR count). The summed E-state index contributed by atoms with van der Waals surface area (Å²) in [6.45, 7) is 4.12. The Morgan fingerprint density at radius 3 is 2.48 bits per heavy atom. The molecule has 0 saturated carbocycles. The van der Waals surface area contributed by atoms with Crippen molar-refractivity contribution in [3.63, 3.8) is 0 Å². The van der Waals surface area contributed by atoms with E-state index in [1.54, 1.807) is 12.1 Å². The number of carbonyl (C=O) groups excluding carboxylic acids is 1. The number of amides is 1. The molecule has 23 heavy (non-hydrogen) atoms. The second-order valence-electron chi connectivity index (χ2n) is 5.85. The summed E-state index contributed by atoms with van der Waals surface area (Å²) < 4.78 is 24.6. The molecule has 0 bridgehead atoms. The Labute approximate surface area is 139 Å². The minimum absolute atomic E-state index is 0.160. The highest BCUT2D eigenvalue weighted by Crippen LogP contribution is 2.26. The zero-order valence-electron chi connectivity index (χ0n) is 13.2. The van der Waals surface area contributed by atoms with Gasteiger partial charge in [0.1, 0.15) is 0 Å². The van der Waals surface area contributed by atoms with E-state index >= 15 is 0 Å². The number of rotatable bonds is 7. The minimum atomic E-state index is -2.39. The second-order valence-corrected chi connectivity index (χ2v) is 6.92. The summed E-state index contributed by atoms with van der Waals surface area (Å²) >= 11 is 0.563. The van der Waals surface area contributed by atoms with E-state index < -0.39 is 5.76 Å². The third kappa shape index (κ3) is 6.08. The van der Waals surface area contributed by atoms with Crippen LogP contribution in [0.4, 0.5) is 8.78 Å². The van der Waals surface area contributed by atoms with Crippen LogP contribution in [0.5, 0.6) is 0 Å². The molecule has 4 nitrogen and oxygen atoms in total. The summed E-state index contributed by atoms with van der Waals surface area (Å²) in [4.78, 5) is 13.6. The van der Waals surface area contributed by atoms with Crippen molar-refractivity contribution < 1.29 is 13.6 Å². The van der Waals surface area contributed by atoms with Crippen LogP contribution in [0.3, 0.4) is 0 Å². The van der Waals surface area contributed by atoms with Crippen molar-refractivity contribution in [3.05, 3.63) is 29.8 Å². The fraction of sp³-hybridized carbons (Fsp3) is 0.562. The average Bonchev–Trinajstić information content (AvgIpc) is 2.49. The zero-order chi connectivity index (χ0) is 16.8. The van der Waals surface area contributed by atoms with Gasteiger partial charge in [-0.3, -0.25) is 9.69 Å². The van der Waals surface area contributed by atoms with Crippen molar-refractivity contribution in [1.82, 2.24) is 10.2 Å². The van der Waals surface area contributed by atoms with Crippen molar-refractivity contribution >= 4 is 17.7 Å². The van der Waals surface area contributed by atoms with E-state index in [9.17, 15) is 13.6 Å². The molecule has 1 fully saturated rings. The molecule has 1 aliphatic rings. The average molecular weight is 343 g/mol. The Kier molecular flexibility index (Phi) is 6.80. The largest absolute Gasteiger partial charge is 0.369 e. The van der Waals surface area contributed by atoms with Crippen LogP contribution in [-0.2, 0) is 4.79 Å². The molecule has 128 valence electrons. The number of nitrogens with zero attached hydrogens (tertiary/aromatic N) is 1. The van der Waals surface area contributed by atoms with Gasteiger partial charge in [-0.1, -0.05) is 23.9 Å². The van der Waals surface area contributed by atoms with Gasteiger partial charge < -0.3 is 11.1 Å². The number of hydrogen-bond donors (Lipinski definition) is 2. The van der Waals surface area contributed by atoms with Crippen LogP contribution in [0.15, 0.2) is 29.2 Å². The van der Waals surface area contributed by atoms with Gasteiger partial charge in [-0.2, -0.15) is 8.78 Å². The number of hydrogen-bond acceptors (Lipinski definition) is 4. The highest BCUT2D eigenvalue weighted by Gasteiger charge is 2.21. The molecule has 0 aliphatic carbocycles. The monoisotopic (exact) mass is 343 g/mol. The quantitative estimate of drug-likeness (QED) is 0.747. The van der Waals surface area contributed by atoms with E-state index in [1.807, 2.05) is 12.1 Å². The summed E-state index contributed by atoms with van der Waals surface area (Å²) in [5.74, 6) is -2.67. The van der Waals surface area contributed by atoms with Gasteiger partial charge in [-0.05, 0) is 37.5 Å². The van der Waals surface area contributed by atoms with Gasteiger partial charge in [0.05, 0.1) is 6.54 Å². The van der Waals surface area contributed by atoms with E-state index in [2.05, 4.69) is 17.1 Å². The molecule has 1 heterocycles. The first-order valence-corrected chi connectivity index (χ1v) is 8.63. The van der Waals surface area contributed by atoms with Crippen LogP contribution < -0.4 is 11.1 Å². The smallest absolute Gasteiger partial charge is 0.288 e. The predicted molar refractivity (Wildman–Crippen MR) is 88.5 cm³/mol. The lowest BCUT2D eigenvalue weighted by Crippen LogP contribution is -2.45. The standard InChI is InChI=1S/C16H23F2N3OS/c1-11(12-2-4-14(5-3-12)23-16(17)18)20-13-6-8-21(9-7-13)10-15(19)22/h2-5,11,13,16,20H,6-10H2,1H3,(H2,19,22)/t11-/m1/s1. The molecule has 1 amide bonds. The Bertz CT molecular complexity index is 505. The van der Waals surface area contributed by atoms with Crippen molar-refractivity contribution in [1.29, 1.82) is 0 Å². The summed E-state index contributed by atoms with van der Waals surface area (Å²) in [5, 5.41) is 3.57. The zero-order valence-corrected chi connectivity index (χ0v) is 14.0. The van der Waals surface area contributed by atoms with Gasteiger partial charge in [0.25, 0.3) is 5.76 Å². The first-order valence-electron chi connectivity index (χ1n) is 7.75. The van der Waals surface area contributed by atoms with E-state index in [4.69, 9.17) is 5.73 Å². The molecule has 7 heteroatoms. The number of benzene rings is 1. The Morgan fingerprint density at radius 2 is 1.96 bits per heavy atom. The number of nitrogens with two attached hydrogens (primary N) is 1. The molecule has 0 radical (unpaired) electrons. The third-order valence-electron chi connectivity index (χ3n) is 4.06. The summed E-state index contributed by atoms with van der Waals surface area (Å²) in [6, 6.07) is 7.81. The van der Waals surface area contributed by atoms with Crippen LogP contribution in [0.2, 0.25) is 0 Å². The van der Waals surface area contributed by atoms with Gasteiger partial charge in [0.15, 0.2) is 0 Å². The molecule has 0 unspecified atom stereocenters. The van der Waals surface area contributed by atoms with Crippen molar-refractivity contribution in [3.8, 4) is 0 Å². The molecule has 1 saturated heterocycles. The van der Waals surface area contributed by atoms with Crippen molar-refractivity contribution in [2.24, 2.45) is 5.73 Å². The molecule has 3 N–H and O–H groups in total. The van der Waals surface area contributed by atoms with Crippen LogP contribution in [-0.4, -0.2) is 42.2 Å². The molecular weight excluding hydrogens is 320 g/mol. The number of piperidine rings is 1. The fourth-order valence-corrected chi connectivity index (χ4v) is 3.36. The fourth-order valence-electron chi connectivity index (χ4n) is 2.87. The lowest BCUT2D eigenvalue weighted by Gasteiger charge is -2.33. The number of halogens is 2. The maximum atomic E-state index is 12.3. The van der Waals surface area contributed by atoms with E-state index in [1.165, 1.54) is 0 Å². The topological polar surface area (TPSA) is 58.4 Å². The number of alkyl halides is 2. The van der Waals surface area contributed by atoms with Crippen molar-refractivity contribution in [2.45, 2.75) is 42.5 Å². The van der Waals surface area contributed by atoms with E-state index in [0.29, 0.717) is 29.2 Å². The number of likely N-dealkylation sites (tertiary alicyclic amines) is 1. The van der Waals surface area contributed by atoms with Crippen molar-refractivity contribution in [2.75, 3.05) is 19.6 Å². The van der Waals surface area contributed by atoms with Crippen LogP contribution in [0.25, 0.3) is 0 Å². The SMILES string of the molecule is C[C@@H](NC1CCN(CC(N)=O)CC1)c1ccc(SC(F)F)cc1. The molecule has 0 spiro atoms. The van der Waals surface area contributed by atoms with E-state index in [0.717, 1.165) is 31.5 Å². The Morgan fingerprint density at radius 1 is 1.35 bits per heavy atom. The number of primary amides is 1. The molecule has 0 aromatic heterocycles. The summed E-state index contributed by atoms with van der Waals surface area (Å²) in [6.07, 6.45) is 1.94. The Hall–Kier alpha value is -1.18. The minimum Gasteiger partial charge on any atom is -0.369 e. The number of thioether (sulfide) groups is 1. The molecule has 1 aromatic carbocycles.